The normalized spacial score (nSPS) is 19.7. The molecular formula is C11H13NO3. The van der Waals surface area contributed by atoms with Gasteiger partial charge >= 0.3 is 0 Å². The highest BCUT2D eigenvalue weighted by molar-refractivity contribution is 5.99. The number of aromatic nitrogens is 1. The van der Waals surface area contributed by atoms with Crippen LogP contribution in [0.25, 0.3) is 0 Å². The van der Waals surface area contributed by atoms with E-state index >= 15 is 0 Å². The van der Waals surface area contributed by atoms with E-state index in [2.05, 4.69) is 0 Å². The van der Waals surface area contributed by atoms with Crippen LogP contribution in [0.1, 0.15) is 29.4 Å². The van der Waals surface area contributed by atoms with E-state index in [0.717, 1.165) is 5.69 Å². The number of carbonyl (C=O) groups is 1. The molecule has 0 aromatic carbocycles. The molecule has 0 saturated carbocycles. The van der Waals surface area contributed by atoms with Gasteiger partial charge in [-0.15, -0.1) is 0 Å². The zero-order valence-electron chi connectivity index (χ0n) is 9.03. The lowest BCUT2D eigenvalue weighted by Gasteiger charge is -2.22. The zero-order valence-corrected chi connectivity index (χ0v) is 9.03. The van der Waals surface area contributed by atoms with Crippen molar-refractivity contribution in [1.82, 2.24) is 4.57 Å². The van der Waals surface area contributed by atoms with E-state index < -0.39 is 0 Å². The summed E-state index contributed by atoms with van der Waals surface area (Å²) >= 11 is 0. The summed E-state index contributed by atoms with van der Waals surface area (Å²) in [6.45, 7) is 3.64. The number of hydrogen-bond acceptors (Lipinski definition) is 3. The Bertz CT molecular complexity index is 487. The van der Waals surface area contributed by atoms with Crippen molar-refractivity contribution in [2.24, 2.45) is 7.05 Å². The topological polar surface area (TPSA) is 48.3 Å². The van der Waals surface area contributed by atoms with Crippen molar-refractivity contribution < 1.29 is 9.53 Å². The average molecular weight is 207 g/mol. The lowest BCUT2D eigenvalue weighted by molar-refractivity contribution is 0.0867. The Morgan fingerprint density at radius 2 is 2.13 bits per heavy atom. The number of fused-ring (bicyclic) bond motifs is 1. The predicted octanol–water partition coefficient (Wildman–Crippen LogP) is 1.05. The summed E-state index contributed by atoms with van der Waals surface area (Å²) in [5.74, 6) is 0.309. The van der Waals surface area contributed by atoms with Crippen molar-refractivity contribution in [3.8, 4) is 5.75 Å². The van der Waals surface area contributed by atoms with Crippen LogP contribution in [0.15, 0.2) is 10.9 Å². The van der Waals surface area contributed by atoms with Gasteiger partial charge in [0.2, 0.25) is 0 Å². The molecule has 0 spiro atoms. The molecule has 0 N–H and O–H groups in total. The van der Waals surface area contributed by atoms with Crippen molar-refractivity contribution in [3.63, 3.8) is 0 Å². The van der Waals surface area contributed by atoms with Gasteiger partial charge in [-0.25, -0.2) is 0 Å². The second-order valence-electron chi connectivity index (χ2n) is 3.94. The van der Waals surface area contributed by atoms with Gasteiger partial charge in [0.15, 0.2) is 5.78 Å². The molecule has 1 aliphatic heterocycles. The first kappa shape index (κ1) is 9.96. The van der Waals surface area contributed by atoms with Crippen LogP contribution in [0.3, 0.4) is 0 Å². The molecule has 0 fully saturated rings. The van der Waals surface area contributed by atoms with Gasteiger partial charge in [-0.05, 0) is 13.8 Å². The maximum atomic E-state index is 11.8. The summed E-state index contributed by atoms with van der Waals surface area (Å²) in [7, 11) is 1.66. The number of ketones is 1. The second kappa shape index (κ2) is 3.22. The summed E-state index contributed by atoms with van der Waals surface area (Å²) < 4.78 is 6.95. The van der Waals surface area contributed by atoms with Crippen LogP contribution in [0.4, 0.5) is 0 Å². The molecule has 0 amide bonds. The van der Waals surface area contributed by atoms with E-state index in [9.17, 15) is 9.59 Å². The lowest BCUT2D eigenvalue weighted by Crippen LogP contribution is -2.33. The highest BCUT2D eigenvalue weighted by Crippen LogP contribution is 2.25. The molecule has 2 heterocycles. The van der Waals surface area contributed by atoms with Crippen LogP contribution in [0.5, 0.6) is 5.75 Å². The summed E-state index contributed by atoms with van der Waals surface area (Å²) in [6, 6.07) is 1.74. The standard InChI is InChI=1S/C11H13NO3/c1-6-4-9-10(11(14)12(6)3)8(13)5-7(2)15-9/h4,7H,5H2,1-3H3. The molecule has 0 saturated heterocycles. The first-order valence-electron chi connectivity index (χ1n) is 4.91. The zero-order chi connectivity index (χ0) is 11.2. The summed E-state index contributed by atoms with van der Waals surface area (Å²) in [5.41, 5.74) is 0.726. The van der Waals surface area contributed by atoms with Crippen LogP contribution >= 0.6 is 0 Å². The first-order chi connectivity index (χ1) is 7.00. The van der Waals surface area contributed by atoms with Crippen LogP contribution in [0, 0.1) is 6.92 Å². The fourth-order valence-corrected chi connectivity index (χ4v) is 1.76. The van der Waals surface area contributed by atoms with Crippen molar-refractivity contribution in [1.29, 1.82) is 0 Å². The van der Waals surface area contributed by atoms with Crippen molar-refractivity contribution >= 4 is 5.78 Å². The fraction of sp³-hybridized carbons (Fsp3) is 0.455. The number of pyridine rings is 1. The molecule has 0 aliphatic carbocycles. The fourth-order valence-electron chi connectivity index (χ4n) is 1.76. The monoisotopic (exact) mass is 207 g/mol. The molecule has 1 atom stereocenters. The predicted molar refractivity (Wildman–Crippen MR) is 55.5 cm³/mol. The Hall–Kier alpha value is -1.58. The molecule has 4 nitrogen and oxygen atoms in total. The Labute approximate surface area is 87.5 Å². The Kier molecular flexibility index (Phi) is 2.14. The SMILES string of the molecule is Cc1cc2c(c(=O)n1C)C(=O)CC(C)O2. The molecule has 80 valence electrons. The van der Waals surface area contributed by atoms with Crippen LogP contribution in [-0.2, 0) is 7.05 Å². The summed E-state index contributed by atoms with van der Waals surface area (Å²) in [6.07, 6.45) is 0.141. The number of carbonyl (C=O) groups excluding carboxylic acids is 1. The van der Waals surface area contributed by atoms with Crippen LogP contribution in [-0.4, -0.2) is 16.5 Å². The quantitative estimate of drug-likeness (QED) is 0.638. The number of ether oxygens (including phenoxy) is 1. The van der Waals surface area contributed by atoms with Gasteiger partial charge in [0, 0.05) is 25.2 Å². The average Bonchev–Trinajstić information content (AvgIpc) is 2.13. The Balaban J connectivity index is 2.72. The Morgan fingerprint density at radius 3 is 2.80 bits per heavy atom. The molecule has 4 heteroatoms. The highest BCUT2D eigenvalue weighted by Gasteiger charge is 2.27. The van der Waals surface area contributed by atoms with Crippen molar-refractivity contribution in [2.45, 2.75) is 26.4 Å². The third kappa shape index (κ3) is 1.46. The maximum absolute atomic E-state index is 11.8. The third-order valence-corrected chi connectivity index (χ3v) is 2.71. The van der Waals surface area contributed by atoms with E-state index in [1.54, 1.807) is 13.1 Å². The van der Waals surface area contributed by atoms with Gasteiger partial charge in [0.05, 0.1) is 0 Å². The van der Waals surface area contributed by atoms with Gasteiger partial charge in [0.25, 0.3) is 5.56 Å². The number of rotatable bonds is 0. The van der Waals surface area contributed by atoms with Gasteiger partial charge in [0.1, 0.15) is 17.4 Å². The minimum atomic E-state index is -0.262. The lowest BCUT2D eigenvalue weighted by atomic mass is 10.0. The molecule has 1 aromatic heterocycles. The minimum Gasteiger partial charge on any atom is -0.489 e. The molecule has 15 heavy (non-hydrogen) atoms. The third-order valence-electron chi connectivity index (χ3n) is 2.71. The number of Topliss-reactive ketones (excluding diaryl/α,β-unsaturated/α-hetero) is 1. The van der Waals surface area contributed by atoms with E-state index in [1.807, 2.05) is 13.8 Å². The number of hydrogen-bond donors (Lipinski definition) is 0. The summed E-state index contributed by atoms with van der Waals surface area (Å²) in [5, 5.41) is 0. The molecule has 2 rings (SSSR count). The largest absolute Gasteiger partial charge is 0.489 e. The molecular weight excluding hydrogens is 194 g/mol. The molecule has 1 unspecified atom stereocenters. The van der Waals surface area contributed by atoms with E-state index in [4.69, 9.17) is 4.74 Å². The van der Waals surface area contributed by atoms with Gasteiger partial charge in [-0.2, -0.15) is 0 Å². The van der Waals surface area contributed by atoms with E-state index in [0.29, 0.717) is 5.75 Å². The van der Waals surface area contributed by atoms with Crippen molar-refractivity contribution in [2.75, 3.05) is 0 Å². The Morgan fingerprint density at radius 1 is 1.47 bits per heavy atom. The highest BCUT2D eigenvalue weighted by atomic mass is 16.5. The first-order valence-corrected chi connectivity index (χ1v) is 4.91. The molecule has 1 aromatic rings. The van der Waals surface area contributed by atoms with Crippen LogP contribution < -0.4 is 10.3 Å². The van der Waals surface area contributed by atoms with Gasteiger partial charge in [-0.3, -0.25) is 9.59 Å². The summed E-state index contributed by atoms with van der Waals surface area (Å²) in [4.78, 5) is 23.5. The van der Waals surface area contributed by atoms with E-state index in [1.165, 1.54) is 4.57 Å². The van der Waals surface area contributed by atoms with Crippen molar-refractivity contribution in [3.05, 3.63) is 27.7 Å². The smallest absolute Gasteiger partial charge is 0.265 e. The number of aryl methyl sites for hydroxylation is 1. The second-order valence-corrected chi connectivity index (χ2v) is 3.94. The molecule has 0 radical (unpaired) electrons. The van der Waals surface area contributed by atoms with Gasteiger partial charge in [-0.1, -0.05) is 0 Å². The van der Waals surface area contributed by atoms with Crippen LogP contribution in [0.2, 0.25) is 0 Å². The molecule has 1 aliphatic rings. The van der Waals surface area contributed by atoms with E-state index in [-0.39, 0.29) is 29.4 Å². The maximum Gasteiger partial charge on any atom is 0.265 e. The molecule has 0 bridgehead atoms. The number of nitrogens with zero attached hydrogens (tertiary/aromatic N) is 1. The minimum absolute atomic E-state index is 0.121. The van der Waals surface area contributed by atoms with Gasteiger partial charge < -0.3 is 9.30 Å².